The maximum absolute atomic E-state index is 4.68. The molecule has 2 heterocycles. The molecule has 1 aliphatic heterocycles. The number of benzene rings is 2. The largest absolute Gasteiger partial charge is 0.352 e. The average molecular weight is 344 g/mol. The summed E-state index contributed by atoms with van der Waals surface area (Å²) < 4.78 is 0. The minimum absolute atomic E-state index is 0.785. The van der Waals surface area contributed by atoms with Crippen LogP contribution in [0.3, 0.4) is 0 Å². The molecule has 0 atom stereocenters. The normalized spacial score (nSPS) is 13.4. The second-order valence-corrected chi connectivity index (χ2v) is 7.02. The summed E-state index contributed by atoms with van der Waals surface area (Å²) in [6, 6.07) is 17.1. The molecule has 1 N–H and O–H groups in total. The Morgan fingerprint density at radius 2 is 1.69 bits per heavy atom. The highest BCUT2D eigenvalue weighted by atomic mass is 15.2. The van der Waals surface area contributed by atoms with E-state index >= 15 is 0 Å². The van der Waals surface area contributed by atoms with Crippen LogP contribution in [0.1, 0.15) is 28.1 Å². The lowest BCUT2D eigenvalue weighted by atomic mass is 10.00. The zero-order valence-corrected chi connectivity index (χ0v) is 15.6. The molecule has 0 bridgehead atoms. The summed E-state index contributed by atoms with van der Waals surface area (Å²) in [5.74, 6) is 2.61. The molecule has 0 amide bonds. The van der Waals surface area contributed by atoms with Crippen molar-refractivity contribution in [1.29, 1.82) is 0 Å². The fourth-order valence-corrected chi connectivity index (χ4v) is 3.44. The van der Waals surface area contributed by atoms with Crippen molar-refractivity contribution in [3.8, 4) is 0 Å². The highest BCUT2D eigenvalue weighted by Gasteiger charge is 2.18. The van der Waals surface area contributed by atoms with E-state index in [2.05, 4.69) is 82.6 Å². The molecule has 4 heteroatoms. The first-order valence-electron chi connectivity index (χ1n) is 9.10. The molecule has 0 radical (unpaired) electrons. The Morgan fingerprint density at radius 3 is 2.50 bits per heavy atom. The minimum atomic E-state index is 0.785. The van der Waals surface area contributed by atoms with E-state index in [1.54, 1.807) is 0 Å². The molecule has 0 saturated heterocycles. The molecule has 0 unspecified atom stereocenters. The molecular weight excluding hydrogens is 320 g/mol. The molecule has 0 aliphatic carbocycles. The monoisotopic (exact) mass is 344 g/mol. The standard InChI is InChI=1S/C22H24N4/c1-15-8-9-20(12-16(15)2)25-21-13-22(24-17(3)23-21)26-11-10-18-6-4-5-7-19(18)14-26/h4-9,12-13H,10-11,14H2,1-3H3,(H,23,24,25). The number of aromatic nitrogens is 2. The van der Waals surface area contributed by atoms with Gasteiger partial charge in [-0.05, 0) is 61.6 Å². The van der Waals surface area contributed by atoms with Crippen LogP contribution in [-0.2, 0) is 13.0 Å². The van der Waals surface area contributed by atoms with Gasteiger partial charge in [-0.3, -0.25) is 0 Å². The second kappa shape index (κ2) is 6.79. The topological polar surface area (TPSA) is 41.1 Å². The summed E-state index contributed by atoms with van der Waals surface area (Å²) in [6.07, 6.45) is 1.05. The van der Waals surface area contributed by atoms with Gasteiger partial charge in [0, 0.05) is 24.8 Å². The Morgan fingerprint density at radius 1 is 0.885 bits per heavy atom. The van der Waals surface area contributed by atoms with Crippen molar-refractivity contribution < 1.29 is 0 Å². The van der Waals surface area contributed by atoms with Crippen LogP contribution >= 0.6 is 0 Å². The van der Waals surface area contributed by atoms with E-state index < -0.39 is 0 Å². The van der Waals surface area contributed by atoms with Gasteiger partial charge in [0.05, 0.1) is 0 Å². The third kappa shape index (κ3) is 3.40. The first-order chi connectivity index (χ1) is 12.6. The Labute approximate surface area is 154 Å². The number of nitrogens with zero attached hydrogens (tertiary/aromatic N) is 3. The number of aryl methyl sites for hydroxylation is 3. The lowest BCUT2D eigenvalue weighted by molar-refractivity contribution is 0.717. The van der Waals surface area contributed by atoms with Crippen LogP contribution in [0.5, 0.6) is 0 Å². The van der Waals surface area contributed by atoms with Gasteiger partial charge < -0.3 is 10.2 Å². The fourth-order valence-electron chi connectivity index (χ4n) is 3.44. The van der Waals surface area contributed by atoms with Crippen molar-refractivity contribution >= 4 is 17.3 Å². The number of anilines is 3. The molecule has 0 saturated carbocycles. The lowest BCUT2D eigenvalue weighted by Crippen LogP contribution is -2.31. The number of hydrogen-bond acceptors (Lipinski definition) is 4. The van der Waals surface area contributed by atoms with Gasteiger partial charge in [-0.2, -0.15) is 0 Å². The zero-order chi connectivity index (χ0) is 18.1. The van der Waals surface area contributed by atoms with Gasteiger partial charge in [0.2, 0.25) is 0 Å². The first-order valence-corrected chi connectivity index (χ1v) is 9.10. The summed E-state index contributed by atoms with van der Waals surface area (Å²) in [5.41, 5.74) is 6.46. The van der Waals surface area contributed by atoms with E-state index in [-0.39, 0.29) is 0 Å². The van der Waals surface area contributed by atoms with Crippen molar-refractivity contribution in [1.82, 2.24) is 9.97 Å². The molecule has 0 fully saturated rings. The van der Waals surface area contributed by atoms with Crippen LogP contribution in [0.2, 0.25) is 0 Å². The van der Waals surface area contributed by atoms with Crippen LogP contribution < -0.4 is 10.2 Å². The van der Waals surface area contributed by atoms with Gasteiger partial charge in [0.25, 0.3) is 0 Å². The third-order valence-corrected chi connectivity index (χ3v) is 5.06. The van der Waals surface area contributed by atoms with E-state index in [1.165, 1.54) is 22.3 Å². The van der Waals surface area contributed by atoms with Crippen LogP contribution in [0, 0.1) is 20.8 Å². The molecule has 26 heavy (non-hydrogen) atoms. The average Bonchev–Trinajstić information content (AvgIpc) is 2.64. The number of fused-ring (bicyclic) bond motifs is 1. The smallest absolute Gasteiger partial charge is 0.136 e. The van der Waals surface area contributed by atoms with Gasteiger partial charge in [-0.25, -0.2) is 9.97 Å². The minimum Gasteiger partial charge on any atom is -0.352 e. The molecule has 1 aliphatic rings. The molecular formula is C22H24N4. The summed E-state index contributed by atoms with van der Waals surface area (Å²) in [4.78, 5) is 11.6. The summed E-state index contributed by atoms with van der Waals surface area (Å²) in [7, 11) is 0. The van der Waals surface area contributed by atoms with Gasteiger partial charge >= 0.3 is 0 Å². The van der Waals surface area contributed by atoms with E-state index in [4.69, 9.17) is 0 Å². The Bertz CT molecular complexity index is 949. The molecule has 132 valence electrons. The Hall–Kier alpha value is -2.88. The predicted octanol–water partition coefficient (Wildman–Crippen LogP) is 4.71. The first kappa shape index (κ1) is 16.6. The van der Waals surface area contributed by atoms with Gasteiger partial charge in [-0.15, -0.1) is 0 Å². The maximum Gasteiger partial charge on any atom is 0.136 e. The van der Waals surface area contributed by atoms with Crippen LogP contribution in [0.15, 0.2) is 48.5 Å². The summed E-state index contributed by atoms with van der Waals surface area (Å²) in [6.45, 7) is 8.09. The molecule has 4 rings (SSSR count). The number of rotatable bonds is 3. The van der Waals surface area contributed by atoms with Crippen molar-refractivity contribution in [3.05, 3.63) is 76.6 Å². The van der Waals surface area contributed by atoms with Gasteiger partial charge in [0.15, 0.2) is 0 Å². The van der Waals surface area contributed by atoms with E-state index in [9.17, 15) is 0 Å². The Kier molecular flexibility index (Phi) is 4.33. The quantitative estimate of drug-likeness (QED) is 0.747. The van der Waals surface area contributed by atoms with E-state index in [0.29, 0.717) is 0 Å². The molecule has 0 spiro atoms. The number of hydrogen-bond donors (Lipinski definition) is 1. The van der Waals surface area contributed by atoms with E-state index in [0.717, 1.165) is 42.7 Å². The highest BCUT2D eigenvalue weighted by molar-refractivity contribution is 5.61. The SMILES string of the molecule is Cc1nc(Nc2ccc(C)c(C)c2)cc(N2CCc3ccccc3C2)n1. The molecule has 3 aromatic rings. The van der Waals surface area contributed by atoms with Crippen molar-refractivity contribution in [2.24, 2.45) is 0 Å². The maximum atomic E-state index is 4.68. The molecule has 4 nitrogen and oxygen atoms in total. The molecule has 1 aromatic heterocycles. The van der Waals surface area contributed by atoms with Crippen LogP contribution in [0.25, 0.3) is 0 Å². The number of nitrogens with one attached hydrogen (secondary N) is 1. The zero-order valence-electron chi connectivity index (χ0n) is 15.6. The van der Waals surface area contributed by atoms with Crippen molar-refractivity contribution in [2.45, 2.75) is 33.7 Å². The lowest BCUT2D eigenvalue weighted by Gasteiger charge is -2.30. The third-order valence-electron chi connectivity index (χ3n) is 5.06. The second-order valence-electron chi connectivity index (χ2n) is 7.02. The van der Waals surface area contributed by atoms with Crippen LogP contribution in [0.4, 0.5) is 17.3 Å². The fraction of sp³-hybridized carbons (Fsp3) is 0.273. The highest BCUT2D eigenvalue weighted by Crippen LogP contribution is 2.26. The van der Waals surface area contributed by atoms with E-state index in [1.807, 2.05) is 6.92 Å². The predicted molar refractivity (Wildman–Crippen MR) is 107 cm³/mol. The van der Waals surface area contributed by atoms with Gasteiger partial charge in [-0.1, -0.05) is 30.3 Å². The van der Waals surface area contributed by atoms with Gasteiger partial charge in [0.1, 0.15) is 17.5 Å². The van der Waals surface area contributed by atoms with Crippen LogP contribution in [-0.4, -0.2) is 16.5 Å². The van der Waals surface area contributed by atoms with Crippen molar-refractivity contribution in [3.63, 3.8) is 0 Å². The summed E-state index contributed by atoms with van der Waals surface area (Å²) in [5, 5.41) is 3.43. The Balaban J connectivity index is 1.59. The van der Waals surface area contributed by atoms with Crippen molar-refractivity contribution in [2.75, 3.05) is 16.8 Å². The summed E-state index contributed by atoms with van der Waals surface area (Å²) >= 11 is 0. The molecule has 2 aromatic carbocycles.